The standard InChI is InChI=1S/C12H15F4NO/c1-2-4-9(18)11(17)10-7(12(14,15)16)5-3-6-8(10)13/h3,5-6,9,11,18H,2,4,17H2,1H3/t9-,11-/m1/s1. The van der Waals surface area contributed by atoms with E-state index >= 15 is 0 Å². The van der Waals surface area contributed by atoms with Gasteiger partial charge in [-0.3, -0.25) is 0 Å². The van der Waals surface area contributed by atoms with Crippen molar-refractivity contribution in [3.63, 3.8) is 0 Å². The van der Waals surface area contributed by atoms with Gasteiger partial charge >= 0.3 is 6.18 Å². The summed E-state index contributed by atoms with van der Waals surface area (Å²) in [4.78, 5) is 0. The maximum Gasteiger partial charge on any atom is 0.416 e. The summed E-state index contributed by atoms with van der Waals surface area (Å²) < 4.78 is 51.7. The topological polar surface area (TPSA) is 46.2 Å². The molecule has 0 unspecified atom stereocenters. The number of benzene rings is 1. The number of hydrogen-bond acceptors (Lipinski definition) is 2. The van der Waals surface area contributed by atoms with E-state index in [4.69, 9.17) is 5.73 Å². The normalized spacial score (nSPS) is 15.5. The van der Waals surface area contributed by atoms with Gasteiger partial charge in [0.25, 0.3) is 0 Å². The van der Waals surface area contributed by atoms with Gasteiger partial charge in [0, 0.05) is 5.56 Å². The fraction of sp³-hybridized carbons (Fsp3) is 0.500. The Kier molecular flexibility index (Phi) is 4.70. The minimum atomic E-state index is -4.69. The lowest BCUT2D eigenvalue weighted by molar-refractivity contribution is -0.138. The van der Waals surface area contributed by atoms with Gasteiger partial charge in [-0.2, -0.15) is 13.2 Å². The third-order valence-electron chi connectivity index (χ3n) is 2.69. The highest BCUT2D eigenvalue weighted by Gasteiger charge is 2.37. The van der Waals surface area contributed by atoms with Gasteiger partial charge in [0.2, 0.25) is 0 Å². The average Bonchev–Trinajstić information content (AvgIpc) is 2.27. The second-order valence-corrected chi connectivity index (χ2v) is 4.08. The number of rotatable bonds is 4. The Hall–Kier alpha value is -1.14. The Balaban J connectivity index is 3.22. The first-order chi connectivity index (χ1) is 8.29. The maximum absolute atomic E-state index is 13.5. The van der Waals surface area contributed by atoms with E-state index in [1.54, 1.807) is 6.92 Å². The van der Waals surface area contributed by atoms with Gasteiger partial charge in [0.05, 0.1) is 17.7 Å². The zero-order valence-corrected chi connectivity index (χ0v) is 9.84. The Morgan fingerprint density at radius 2 is 1.94 bits per heavy atom. The van der Waals surface area contributed by atoms with Crippen LogP contribution in [0.25, 0.3) is 0 Å². The molecule has 1 rings (SSSR count). The highest BCUT2D eigenvalue weighted by atomic mass is 19.4. The van der Waals surface area contributed by atoms with Crippen LogP contribution in [-0.4, -0.2) is 11.2 Å². The molecule has 0 saturated carbocycles. The van der Waals surface area contributed by atoms with Crippen LogP contribution in [0, 0.1) is 5.82 Å². The average molecular weight is 265 g/mol. The zero-order valence-electron chi connectivity index (χ0n) is 9.84. The predicted molar refractivity (Wildman–Crippen MR) is 59.2 cm³/mol. The molecule has 18 heavy (non-hydrogen) atoms. The number of aliphatic hydroxyl groups is 1. The lowest BCUT2D eigenvalue weighted by Gasteiger charge is -2.23. The van der Waals surface area contributed by atoms with Crippen molar-refractivity contribution in [3.8, 4) is 0 Å². The van der Waals surface area contributed by atoms with Gasteiger partial charge < -0.3 is 10.8 Å². The molecule has 0 aliphatic rings. The summed E-state index contributed by atoms with van der Waals surface area (Å²) in [7, 11) is 0. The van der Waals surface area contributed by atoms with Crippen molar-refractivity contribution < 1.29 is 22.7 Å². The van der Waals surface area contributed by atoms with E-state index in [1.807, 2.05) is 0 Å². The van der Waals surface area contributed by atoms with E-state index in [9.17, 15) is 22.7 Å². The minimum Gasteiger partial charge on any atom is -0.391 e. The van der Waals surface area contributed by atoms with Crippen LogP contribution in [0.15, 0.2) is 18.2 Å². The molecule has 6 heteroatoms. The first kappa shape index (κ1) is 14.9. The van der Waals surface area contributed by atoms with Gasteiger partial charge in [-0.05, 0) is 18.6 Å². The molecule has 0 heterocycles. The van der Waals surface area contributed by atoms with E-state index in [2.05, 4.69) is 0 Å². The highest BCUT2D eigenvalue weighted by Crippen LogP contribution is 2.36. The van der Waals surface area contributed by atoms with Gasteiger partial charge in [-0.1, -0.05) is 19.4 Å². The molecule has 1 aromatic rings. The molecule has 1 aromatic carbocycles. The Labute approximate surface area is 102 Å². The van der Waals surface area contributed by atoms with E-state index in [1.165, 1.54) is 0 Å². The van der Waals surface area contributed by atoms with Gasteiger partial charge in [0.1, 0.15) is 5.82 Å². The molecule has 102 valence electrons. The van der Waals surface area contributed by atoms with E-state index < -0.39 is 35.3 Å². The second-order valence-electron chi connectivity index (χ2n) is 4.08. The lowest BCUT2D eigenvalue weighted by Crippen LogP contribution is -2.29. The lowest BCUT2D eigenvalue weighted by atomic mass is 9.94. The quantitative estimate of drug-likeness (QED) is 0.822. The molecule has 3 N–H and O–H groups in total. The number of alkyl halides is 3. The number of aliphatic hydroxyl groups excluding tert-OH is 1. The van der Waals surface area contributed by atoms with Crippen molar-refractivity contribution in [1.82, 2.24) is 0 Å². The van der Waals surface area contributed by atoms with Crippen LogP contribution in [0.5, 0.6) is 0 Å². The van der Waals surface area contributed by atoms with Crippen LogP contribution in [0.4, 0.5) is 17.6 Å². The Morgan fingerprint density at radius 1 is 1.33 bits per heavy atom. The van der Waals surface area contributed by atoms with Crippen LogP contribution in [0.2, 0.25) is 0 Å². The monoisotopic (exact) mass is 265 g/mol. The van der Waals surface area contributed by atoms with Gasteiger partial charge in [-0.15, -0.1) is 0 Å². The summed E-state index contributed by atoms with van der Waals surface area (Å²) in [5.74, 6) is -1.05. The Bertz CT molecular complexity index is 406. The fourth-order valence-electron chi connectivity index (χ4n) is 1.79. The molecule has 0 saturated heterocycles. The van der Waals surface area contributed by atoms with Crippen molar-refractivity contribution in [3.05, 3.63) is 35.1 Å². The molecule has 0 fully saturated rings. The van der Waals surface area contributed by atoms with E-state index in [0.29, 0.717) is 6.42 Å². The predicted octanol–water partition coefficient (Wildman–Crippen LogP) is 3.01. The molecule has 0 amide bonds. The molecule has 0 bridgehead atoms. The summed E-state index contributed by atoms with van der Waals surface area (Å²) in [6, 6.07) is 1.25. The van der Waals surface area contributed by atoms with Crippen molar-refractivity contribution in [1.29, 1.82) is 0 Å². The molecule has 0 aliphatic carbocycles. The van der Waals surface area contributed by atoms with Crippen LogP contribution in [-0.2, 0) is 6.18 Å². The fourth-order valence-corrected chi connectivity index (χ4v) is 1.79. The zero-order chi connectivity index (χ0) is 13.9. The molecule has 0 spiro atoms. The van der Waals surface area contributed by atoms with Crippen LogP contribution < -0.4 is 5.73 Å². The van der Waals surface area contributed by atoms with E-state index in [-0.39, 0.29) is 6.42 Å². The van der Waals surface area contributed by atoms with E-state index in [0.717, 1.165) is 18.2 Å². The third kappa shape index (κ3) is 3.20. The number of halogens is 4. The van der Waals surface area contributed by atoms with Crippen molar-refractivity contribution in [2.45, 2.75) is 38.1 Å². The van der Waals surface area contributed by atoms with Crippen molar-refractivity contribution in [2.24, 2.45) is 5.73 Å². The smallest absolute Gasteiger partial charge is 0.391 e. The maximum atomic E-state index is 13.5. The van der Waals surface area contributed by atoms with Crippen LogP contribution >= 0.6 is 0 Å². The number of hydrogen-bond donors (Lipinski definition) is 2. The summed E-state index contributed by atoms with van der Waals surface area (Å²) in [5, 5.41) is 9.63. The van der Waals surface area contributed by atoms with Crippen molar-refractivity contribution in [2.75, 3.05) is 0 Å². The molecule has 2 atom stereocenters. The molecule has 2 nitrogen and oxygen atoms in total. The summed E-state index contributed by atoms with van der Waals surface area (Å²) in [6.45, 7) is 1.75. The summed E-state index contributed by atoms with van der Waals surface area (Å²) >= 11 is 0. The largest absolute Gasteiger partial charge is 0.416 e. The third-order valence-corrected chi connectivity index (χ3v) is 2.69. The SMILES string of the molecule is CCC[C@@H](O)[C@@H](N)c1c(F)cccc1C(F)(F)F. The molecule has 0 aromatic heterocycles. The first-order valence-electron chi connectivity index (χ1n) is 5.58. The minimum absolute atomic E-state index is 0.215. The molecule has 0 radical (unpaired) electrons. The summed E-state index contributed by atoms with van der Waals surface area (Å²) in [5.41, 5.74) is 3.72. The van der Waals surface area contributed by atoms with Gasteiger partial charge in [-0.25, -0.2) is 4.39 Å². The molecular formula is C12H15F4NO. The number of nitrogens with two attached hydrogens (primary N) is 1. The second kappa shape index (κ2) is 5.67. The van der Waals surface area contributed by atoms with Crippen LogP contribution in [0.1, 0.15) is 36.9 Å². The Morgan fingerprint density at radius 3 is 2.44 bits per heavy atom. The molecular weight excluding hydrogens is 250 g/mol. The van der Waals surface area contributed by atoms with Crippen LogP contribution in [0.3, 0.4) is 0 Å². The molecule has 0 aliphatic heterocycles. The highest BCUT2D eigenvalue weighted by molar-refractivity contribution is 5.34. The summed E-state index contributed by atoms with van der Waals surface area (Å²) in [6.07, 6.45) is -5.13. The van der Waals surface area contributed by atoms with Gasteiger partial charge in [0.15, 0.2) is 0 Å². The first-order valence-corrected chi connectivity index (χ1v) is 5.58. The van der Waals surface area contributed by atoms with Crippen molar-refractivity contribution >= 4 is 0 Å².